The number of nitrogen functional groups attached to an aromatic ring is 1. The van der Waals surface area contributed by atoms with Crippen LogP contribution in [0.5, 0.6) is 5.88 Å². The molecule has 0 aliphatic carbocycles. The third kappa shape index (κ3) is 3.10. The number of methoxy groups -OCH3 is 1. The van der Waals surface area contributed by atoms with Gasteiger partial charge in [-0.25, -0.2) is 13.5 Å². The molecule has 0 fully saturated rings. The van der Waals surface area contributed by atoms with Crippen LogP contribution in [-0.2, 0) is 10.0 Å². The lowest BCUT2D eigenvalue weighted by Crippen LogP contribution is -1.99. The Morgan fingerprint density at radius 3 is 2.32 bits per heavy atom. The Hall–Kier alpha value is -2.35. The van der Waals surface area contributed by atoms with Gasteiger partial charge in [-0.2, -0.15) is 0 Å². The summed E-state index contributed by atoms with van der Waals surface area (Å²) in [7, 11) is -2.39. The average Bonchev–Trinajstić information content (AvgIpc) is 2.40. The molecule has 100 valence electrons. The van der Waals surface area contributed by atoms with E-state index in [2.05, 4.69) is 14.9 Å². The molecule has 0 aliphatic rings. The third-order valence-electron chi connectivity index (χ3n) is 2.23. The summed E-state index contributed by atoms with van der Waals surface area (Å²) in [6.45, 7) is 0. The highest BCUT2D eigenvalue weighted by Crippen LogP contribution is 2.26. The smallest absolute Gasteiger partial charge is 0.212 e. The largest absolute Gasteiger partial charge is 0.481 e. The number of nitrogens with zero attached hydrogens (tertiary/aromatic N) is 3. The van der Waals surface area contributed by atoms with Crippen molar-refractivity contribution in [3.8, 4) is 5.88 Å². The van der Waals surface area contributed by atoms with E-state index in [1.165, 1.54) is 43.5 Å². The molecule has 0 amide bonds. The van der Waals surface area contributed by atoms with Gasteiger partial charge in [0, 0.05) is 11.8 Å². The van der Waals surface area contributed by atoms with E-state index in [1.807, 2.05) is 0 Å². The normalized spacial score (nSPS) is 11.0. The van der Waals surface area contributed by atoms with Crippen molar-refractivity contribution in [2.75, 3.05) is 12.8 Å². The Labute approximate surface area is 110 Å². The van der Waals surface area contributed by atoms with E-state index in [0.29, 0.717) is 5.69 Å². The van der Waals surface area contributed by atoms with E-state index < -0.39 is 10.0 Å². The van der Waals surface area contributed by atoms with E-state index >= 15 is 0 Å². The number of nitrogens with two attached hydrogens (primary N) is 1. The van der Waals surface area contributed by atoms with E-state index in [-0.39, 0.29) is 16.6 Å². The number of anilines is 1. The zero-order valence-electron chi connectivity index (χ0n) is 10.0. The maximum atomic E-state index is 12.0. The molecular formula is C11H11N4O3S-. The number of aromatic nitrogens is 2. The fourth-order valence-electron chi connectivity index (χ4n) is 1.29. The molecule has 0 aliphatic heterocycles. The third-order valence-corrected chi connectivity index (χ3v) is 3.52. The van der Waals surface area contributed by atoms with Crippen molar-refractivity contribution >= 4 is 21.5 Å². The van der Waals surface area contributed by atoms with Gasteiger partial charge in [0.05, 0.1) is 12.0 Å². The first-order chi connectivity index (χ1) is 9.01. The molecule has 0 radical (unpaired) electrons. The molecule has 19 heavy (non-hydrogen) atoms. The Morgan fingerprint density at radius 2 is 1.79 bits per heavy atom. The van der Waals surface area contributed by atoms with Crippen LogP contribution in [0.1, 0.15) is 0 Å². The minimum absolute atomic E-state index is 0.0161. The van der Waals surface area contributed by atoms with Crippen LogP contribution in [0.15, 0.2) is 41.3 Å². The van der Waals surface area contributed by atoms with Crippen molar-refractivity contribution in [3.05, 3.63) is 41.1 Å². The molecule has 0 atom stereocenters. The van der Waals surface area contributed by atoms with Crippen molar-refractivity contribution in [1.82, 2.24) is 10.2 Å². The van der Waals surface area contributed by atoms with Gasteiger partial charge in [0.25, 0.3) is 0 Å². The van der Waals surface area contributed by atoms with Gasteiger partial charge in [0.2, 0.25) is 15.9 Å². The van der Waals surface area contributed by atoms with Crippen LogP contribution in [-0.4, -0.2) is 25.7 Å². The molecule has 2 aromatic rings. The second-order valence-corrected chi connectivity index (χ2v) is 5.17. The van der Waals surface area contributed by atoms with E-state index in [1.54, 1.807) is 0 Å². The molecule has 0 spiro atoms. The quantitative estimate of drug-likeness (QED) is 0.848. The van der Waals surface area contributed by atoms with E-state index in [4.69, 9.17) is 10.5 Å². The number of benzene rings is 1. The molecule has 0 unspecified atom stereocenters. The summed E-state index contributed by atoms with van der Waals surface area (Å²) in [5.74, 6) is 0.265. The predicted molar refractivity (Wildman–Crippen MR) is 69.6 cm³/mol. The molecule has 8 heteroatoms. The first-order valence-corrected chi connectivity index (χ1v) is 6.66. The summed E-state index contributed by atoms with van der Waals surface area (Å²) in [6, 6.07) is 8.62. The Bertz CT molecular complexity index is 653. The van der Waals surface area contributed by atoms with Crippen LogP contribution in [0, 0.1) is 0 Å². The summed E-state index contributed by atoms with van der Waals surface area (Å²) in [4.78, 5) is 0.0410. The standard InChI is InChI=1S/C11H11N4O3S/c1-18-11-7-6-10(13-14-11)15-19(16,17)9-4-2-8(12)3-5-9/h2-7H,12H2,1H3/q-1. The molecule has 1 heterocycles. The monoisotopic (exact) mass is 279 g/mol. The zero-order valence-corrected chi connectivity index (χ0v) is 10.8. The predicted octanol–water partition coefficient (Wildman–Crippen LogP) is 1.46. The molecule has 0 bridgehead atoms. The lowest BCUT2D eigenvalue weighted by atomic mass is 10.3. The number of rotatable bonds is 4. The molecule has 1 aromatic heterocycles. The topological polar surface area (TPSA) is 109 Å². The van der Waals surface area contributed by atoms with Gasteiger partial charge in [0.15, 0.2) is 0 Å². The highest BCUT2D eigenvalue weighted by atomic mass is 32.2. The summed E-state index contributed by atoms with van der Waals surface area (Å²) >= 11 is 0. The molecular weight excluding hydrogens is 268 g/mol. The van der Waals surface area contributed by atoms with Crippen LogP contribution >= 0.6 is 0 Å². The van der Waals surface area contributed by atoms with Gasteiger partial charge >= 0.3 is 0 Å². The second kappa shape index (κ2) is 5.11. The lowest BCUT2D eigenvalue weighted by Gasteiger charge is -2.15. The maximum absolute atomic E-state index is 12.0. The van der Waals surface area contributed by atoms with E-state index in [9.17, 15) is 8.42 Å². The molecule has 2 rings (SSSR count). The lowest BCUT2D eigenvalue weighted by molar-refractivity contribution is 0.392. The van der Waals surface area contributed by atoms with Gasteiger partial charge in [-0.15, -0.1) is 0 Å². The van der Waals surface area contributed by atoms with Gasteiger partial charge in [-0.05, 0) is 30.1 Å². The average molecular weight is 279 g/mol. The summed E-state index contributed by atoms with van der Waals surface area (Å²) in [5.41, 5.74) is 5.97. The number of sulfonamides is 1. The summed E-state index contributed by atoms with van der Waals surface area (Å²) in [5, 5.41) is 7.27. The molecule has 2 N–H and O–H groups in total. The van der Waals surface area contributed by atoms with Gasteiger partial charge in [-0.3, -0.25) is 0 Å². The minimum Gasteiger partial charge on any atom is -0.481 e. The minimum atomic E-state index is -3.82. The van der Waals surface area contributed by atoms with Crippen LogP contribution in [0.2, 0.25) is 0 Å². The molecule has 0 saturated heterocycles. The molecule has 0 saturated carbocycles. The van der Waals surface area contributed by atoms with Gasteiger partial charge < -0.3 is 20.3 Å². The van der Waals surface area contributed by atoms with Crippen molar-refractivity contribution in [2.45, 2.75) is 4.90 Å². The number of ether oxygens (including phenoxy) is 1. The first-order valence-electron chi connectivity index (χ1n) is 5.22. The number of hydrogen-bond donors (Lipinski definition) is 1. The Kier molecular flexibility index (Phi) is 3.52. The SMILES string of the molecule is COc1ccc([N-]S(=O)(=O)c2ccc(N)cc2)nn1. The second-order valence-electron chi connectivity index (χ2n) is 3.57. The highest BCUT2D eigenvalue weighted by molar-refractivity contribution is 7.94. The maximum Gasteiger partial charge on any atom is 0.212 e. The van der Waals surface area contributed by atoms with E-state index in [0.717, 1.165) is 0 Å². The number of hydrogen-bond acceptors (Lipinski definition) is 6. The Morgan fingerprint density at radius 1 is 1.11 bits per heavy atom. The molecule has 1 aromatic carbocycles. The summed E-state index contributed by atoms with van der Waals surface area (Å²) in [6.07, 6.45) is 0. The van der Waals surface area contributed by atoms with Crippen LogP contribution in [0.3, 0.4) is 0 Å². The fraction of sp³-hybridized carbons (Fsp3) is 0.0909. The Balaban J connectivity index is 2.23. The first kappa shape index (κ1) is 13.1. The summed E-state index contributed by atoms with van der Waals surface area (Å²) < 4.78 is 32.3. The van der Waals surface area contributed by atoms with Gasteiger partial charge in [0.1, 0.15) is 0 Å². The molecule has 7 nitrogen and oxygen atoms in total. The van der Waals surface area contributed by atoms with Crippen molar-refractivity contribution < 1.29 is 13.2 Å². The van der Waals surface area contributed by atoms with Gasteiger partial charge in [-0.1, -0.05) is 6.07 Å². The van der Waals surface area contributed by atoms with Crippen molar-refractivity contribution in [3.63, 3.8) is 0 Å². The van der Waals surface area contributed by atoms with Crippen molar-refractivity contribution in [2.24, 2.45) is 0 Å². The van der Waals surface area contributed by atoms with Crippen LogP contribution in [0.25, 0.3) is 4.72 Å². The van der Waals surface area contributed by atoms with Crippen LogP contribution in [0.4, 0.5) is 11.5 Å². The fourth-order valence-corrected chi connectivity index (χ4v) is 2.22. The zero-order chi connectivity index (χ0) is 13.9. The van der Waals surface area contributed by atoms with Crippen LogP contribution < -0.4 is 10.5 Å². The van der Waals surface area contributed by atoms with Crippen molar-refractivity contribution in [1.29, 1.82) is 0 Å². The highest BCUT2D eigenvalue weighted by Gasteiger charge is 2.09.